The Labute approximate surface area is 114 Å². The molecule has 0 fully saturated rings. The minimum atomic E-state index is -0.426. The van der Waals surface area contributed by atoms with Gasteiger partial charge in [-0.15, -0.1) is 5.11 Å². The fraction of sp³-hybridized carbons (Fsp3) is 0.143. The van der Waals surface area contributed by atoms with Gasteiger partial charge in [-0.2, -0.15) is 5.11 Å². The van der Waals surface area contributed by atoms with Crippen molar-refractivity contribution in [1.82, 2.24) is 0 Å². The van der Waals surface area contributed by atoms with Crippen LogP contribution in [0.2, 0.25) is 0 Å². The zero-order valence-corrected chi connectivity index (χ0v) is 11.0. The molecule has 20 heavy (non-hydrogen) atoms. The molecule has 6 heteroatoms. The standard InChI is InChI=1S/C14H12N2O4/c1-8(17)14(9(2)18)16-15-11-4-5-12-10(7-11)3-6-13(19)20-12/h3-7,17H,1-2H3/b14-8-,16-15?. The number of Topliss-reactive ketones (excluding diaryl/α,β-unsaturated/α-hetero) is 1. The zero-order valence-electron chi connectivity index (χ0n) is 11.0. The summed E-state index contributed by atoms with van der Waals surface area (Å²) in [5.41, 5.74) is 0.401. The van der Waals surface area contributed by atoms with E-state index in [2.05, 4.69) is 10.2 Å². The Bertz CT molecular complexity index is 783. The van der Waals surface area contributed by atoms with Crippen LogP contribution in [0, 0.1) is 0 Å². The van der Waals surface area contributed by atoms with Crippen LogP contribution in [0.3, 0.4) is 0 Å². The molecule has 2 aromatic rings. The van der Waals surface area contributed by atoms with Gasteiger partial charge < -0.3 is 9.52 Å². The Morgan fingerprint density at radius 1 is 1.20 bits per heavy atom. The number of hydrogen-bond donors (Lipinski definition) is 1. The van der Waals surface area contributed by atoms with Gasteiger partial charge >= 0.3 is 5.63 Å². The molecular formula is C14H12N2O4. The third-order valence-electron chi connectivity index (χ3n) is 2.54. The summed E-state index contributed by atoms with van der Waals surface area (Å²) in [5.74, 6) is -0.562. The highest BCUT2D eigenvalue weighted by molar-refractivity contribution is 5.93. The predicted octanol–water partition coefficient (Wildman–Crippen LogP) is 3.26. The third kappa shape index (κ3) is 2.97. The predicted molar refractivity (Wildman–Crippen MR) is 73.0 cm³/mol. The fourth-order valence-corrected chi connectivity index (χ4v) is 1.63. The monoisotopic (exact) mass is 272 g/mol. The van der Waals surface area contributed by atoms with Crippen molar-refractivity contribution < 1.29 is 14.3 Å². The van der Waals surface area contributed by atoms with Gasteiger partial charge in [0.05, 0.1) is 5.69 Å². The second-order valence-corrected chi connectivity index (χ2v) is 4.17. The number of carbonyl (C=O) groups is 1. The van der Waals surface area contributed by atoms with E-state index >= 15 is 0 Å². The molecule has 0 atom stereocenters. The van der Waals surface area contributed by atoms with E-state index in [-0.39, 0.29) is 17.2 Å². The van der Waals surface area contributed by atoms with Crippen molar-refractivity contribution in [2.75, 3.05) is 0 Å². The first kappa shape index (κ1) is 13.7. The Balaban J connectivity index is 2.40. The summed E-state index contributed by atoms with van der Waals surface area (Å²) in [4.78, 5) is 22.3. The van der Waals surface area contributed by atoms with Crippen molar-refractivity contribution in [1.29, 1.82) is 0 Å². The van der Waals surface area contributed by atoms with Crippen molar-refractivity contribution in [2.45, 2.75) is 13.8 Å². The Morgan fingerprint density at radius 3 is 2.60 bits per heavy atom. The molecule has 0 saturated heterocycles. The van der Waals surface area contributed by atoms with Crippen LogP contribution >= 0.6 is 0 Å². The van der Waals surface area contributed by atoms with Gasteiger partial charge in [0.1, 0.15) is 11.3 Å². The molecule has 0 saturated carbocycles. The third-order valence-corrected chi connectivity index (χ3v) is 2.54. The summed E-state index contributed by atoms with van der Waals surface area (Å²) in [6, 6.07) is 7.76. The molecule has 0 aliphatic heterocycles. The highest BCUT2D eigenvalue weighted by Crippen LogP contribution is 2.21. The summed E-state index contributed by atoms with van der Waals surface area (Å²) < 4.78 is 4.99. The molecule has 0 unspecified atom stereocenters. The Hall–Kier alpha value is -2.76. The highest BCUT2D eigenvalue weighted by atomic mass is 16.4. The molecule has 2 rings (SSSR count). The number of rotatable bonds is 3. The van der Waals surface area contributed by atoms with E-state index in [9.17, 15) is 14.7 Å². The lowest BCUT2D eigenvalue weighted by Crippen LogP contribution is -1.96. The van der Waals surface area contributed by atoms with Gasteiger partial charge in [-0.1, -0.05) is 0 Å². The number of aliphatic hydroxyl groups excluding tert-OH is 1. The van der Waals surface area contributed by atoms with E-state index in [1.807, 2.05) is 0 Å². The molecule has 0 aliphatic carbocycles. The van der Waals surface area contributed by atoms with E-state index in [4.69, 9.17) is 4.42 Å². The maximum absolute atomic E-state index is 11.2. The first-order chi connectivity index (χ1) is 9.47. The van der Waals surface area contributed by atoms with Gasteiger partial charge in [0.25, 0.3) is 0 Å². The van der Waals surface area contributed by atoms with Crippen LogP contribution in [0.4, 0.5) is 5.69 Å². The molecule has 1 aromatic carbocycles. The van der Waals surface area contributed by atoms with Gasteiger partial charge in [0.15, 0.2) is 11.5 Å². The first-order valence-electron chi connectivity index (χ1n) is 5.84. The van der Waals surface area contributed by atoms with Crippen LogP contribution in [0.25, 0.3) is 11.0 Å². The normalized spacial score (nSPS) is 12.7. The van der Waals surface area contributed by atoms with E-state index in [1.54, 1.807) is 24.3 Å². The summed E-state index contributed by atoms with van der Waals surface area (Å²) in [6.07, 6.45) is 0. The average molecular weight is 272 g/mol. The lowest BCUT2D eigenvalue weighted by molar-refractivity contribution is -0.113. The zero-order chi connectivity index (χ0) is 14.7. The molecule has 1 aromatic heterocycles. The van der Waals surface area contributed by atoms with Gasteiger partial charge in [0, 0.05) is 18.4 Å². The number of aliphatic hydroxyl groups is 1. The van der Waals surface area contributed by atoms with Crippen molar-refractivity contribution in [3.05, 3.63) is 52.2 Å². The van der Waals surface area contributed by atoms with E-state index in [0.717, 1.165) is 0 Å². The number of nitrogens with zero attached hydrogens (tertiary/aromatic N) is 2. The van der Waals surface area contributed by atoms with Crippen LogP contribution in [0.15, 0.2) is 61.2 Å². The highest BCUT2D eigenvalue weighted by Gasteiger charge is 2.06. The largest absolute Gasteiger partial charge is 0.510 e. The quantitative estimate of drug-likeness (QED) is 0.401. The topological polar surface area (TPSA) is 92.2 Å². The molecule has 0 spiro atoms. The second kappa shape index (κ2) is 5.48. The van der Waals surface area contributed by atoms with Crippen molar-refractivity contribution in [3.63, 3.8) is 0 Å². The number of benzene rings is 1. The van der Waals surface area contributed by atoms with Gasteiger partial charge in [-0.25, -0.2) is 4.79 Å². The van der Waals surface area contributed by atoms with Crippen molar-refractivity contribution in [2.24, 2.45) is 10.2 Å². The van der Waals surface area contributed by atoms with Crippen LogP contribution in [-0.2, 0) is 4.79 Å². The number of ketones is 1. The molecule has 0 amide bonds. The fourth-order valence-electron chi connectivity index (χ4n) is 1.63. The summed E-state index contributed by atoms with van der Waals surface area (Å²) in [5, 5.41) is 17.6. The molecule has 1 heterocycles. The lowest BCUT2D eigenvalue weighted by Gasteiger charge is -1.98. The molecule has 0 bridgehead atoms. The molecule has 0 aliphatic rings. The van der Waals surface area contributed by atoms with E-state index < -0.39 is 5.63 Å². The SMILES string of the molecule is CC(=O)/C(N=Nc1ccc2oc(=O)ccc2c1)=C(\C)O. The Kier molecular flexibility index (Phi) is 3.74. The lowest BCUT2D eigenvalue weighted by atomic mass is 10.2. The summed E-state index contributed by atoms with van der Waals surface area (Å²) in [7, 11) is 0. The van der Waals surface area contributed by atoms with Gasteiger partial charge in [-0.3, -0.25) is 4.79 Å². The molecular weight excluding hydrogens is 260 g/mol. The summed E-state index contributed by atoms with van der Waals surface area (Å²) >= 11 is 0. The molecule has 6 nitrogen and oxygen atoms in total. The van der Waals surface area contributed by atoms with Gasteiger partial charge in [0.2, 0.25) is 0 Å². The minimum absolute atomic E-state index is 0.0929. The maximum atomic E-state index is 11.2. The second-order valence-electron chi connectivity index (χ2n) is 4.17. The Morgan fingerprint density at radius 2 is 1.95 bits per heavy atom. The number of carbonyl (C=O) groups excluding carboxylic acids is 1. The van der Waals surface area contributed by atoms with Crippen LogP contribution < -0.4 is 5.63 Å². The number of hydrogen-bond acceptors (Lipinski definition) is 6. The van der Waals surface area contributed by atoms with Gasteiger partial charge in [-0.05, 0) is 31.2 Å². The maximum Gasteiger partial charge on any atom is 0.336 e. The number of fused-ring (bicyclic) bond motifs is 1. The van der Waals surface area contributed by atoms with Crippen LogP contribution in [-0.4, -0.2) is 10.9 Å². The summed E-state index contributed by atoms with van der Waals surface area (Å²) in [6.45, 7) is 2.66. The average Bonchev–Trinajstić information content (AvgIpc) is 2.38. The smallest absolute Gasteiger partial charge is 0.336 e. The first-order valence-corrected chi connectivity index (χ1v) is 5.84. The molecule has 0 radical (unpaired) electrons. The molecule has 1 N–H and O–H groups in total. The number of allylic oxidation sites excluding steroid dienone is 2. The number of azo groups is 1. The van der Waals surface area contributed by atoms with Crippen LogP contribution in [0.5, 0.6) is 0 Å². The van der Waals surface area contributed by atoms with E-state index in [0.29, 0.717) is 16.7 Å². The van der Waals surface area contributed by atoms with Crippen LogP contribution in [0.1, 0.15) is 13.8 Å². The van der Waals surface area contributed by atoms with Crippen molar-refractivity contribution >= 4 is 22.4 Å². The van der Waals surface area contributed by atoms with Crippen molar-refractivity contribution in [3.8, 4) is 0 Å². The minimum Gasteiger partial charge on any atom is -0.510 e. The van der Waals surface area contributed by atoms with E-state index in [1.165, 1.54) is 19.9 Å². The molecule has 102 valence electrons.